The molecule has 32 heavy (non-hydrogen) atoms. The molecule has 10 heteroatoms. The van der Waals surface area contributed by atoms with Crippen molar-refractivity contribution < 1.29 is 27.6 Å². The van der Waals surface area contributed by atoms with Crippen molar-refractivity contribution in [2.75, 3.05) is 17.2 Å². The van der Waals surface area contributed by atoms with Crippen LogP contribution < -0.4 is 10.6 Å². The summed E-state index contributed by atoms with van der Waals surface area (Å²) in [7, 11) is 0. The topological polar surface area (TPSA) is 78.5 Å². The van der Waals surface area contributed by atoms with Crippen molar-refractivity contribution in [1.29, 1.82) is 0 Å². The molecule has 6 nitrogen and oxygen atoms in total. The number of amides is 3. The summed E-state index contributed by atoms with van der Waals surface area (Å²) >= 11 is 5.91. The van der Waals surface area contributed by atoms with Crippen LogP contribution in [0.4, 0.5) is 24.5 Å². The van der Waals surface area contributed by atoms with E-state index in [1.165, 1.54) is 24.3 Å². The molecule has 1 heterocycles. The fourth-order valence-electron chi connectivity index (χ4n) is 3.35. The third kappa shape index (κ3) is 5.40. The molecule has 0 bridgehead atoms. The Morgan fingerprint density at radius 3 is 2.31 bits per heavy atom. The highest BCUT2D eigenvalue weighted by Gasteiger charge is 2.35. The maximum Gasteiger partial charge on any atom is 0.416 e. The van der Waals surface area contributed by atoms with E-state index in [-0.39, 0.29) is 40.6 Å². The molecule has 0 saturated carbocycles. The Balaban J connectivity index is 1.64. The normalized spacial score (nSPS) is 16.4. The molecule has 2 N–H and O–H groups in total. The van der Waals surface area contributed by atoms with Gasteiger partial charge in [-0.15, -0.1) is 0 Å². The summed E-state index contributed by atoms with van der Waals surface area (Å²) in [6, 6.07) is 8.51. The number of nitrogens with zero attached hydrogens (tertiary/aromatic N) is 1. The zero-order chi connectivity index (χ0) is 23.6. The molecule has 3 rings (SSSR count). The Labute approximate surface area is 187 Å². The van der Waals surface area contributed by atoms with Crippen molar-refractivity contribution in [1.82, 2.24) is 4.90 Å². The van der Waals surface area contributed by atoms with E-state index in [2.05, 4.69) is 10.6 Å². The minimum atomic E-state index is -4.57. The van der Waals surface area contributed by atoms with Crippen molar-refractivity contribution >= 4 is 40.7 Å². The number of carbonyl (C=O) groups excluding carboxylic acids is 3. The van der Waals surface area contributed by atoms with Crippen molar-refractivity contribution in [3.05, 3.63) is 58.6 Å². The number of halogens is 4. The van der Waals surface area contributed by atoms with Gasteiger partial charge in [-0.05, 0) is 56.3 Å². The van der Waals surface area contributed by atoms with Crippen LogP contribution in [0.1, 0.15) is 36.2 Å². The average Bonchev–Trinajstić information content (AvgIpc) is 3.11. The predicted octanol–water partition coefficient (Wildman–Crippen LogP) is 4.81. The van der Waals surface area contributed by atoms with Gasteiger partial charge in [-0.2, -0.15) is 13.2 Å². The van der Waals surface area contributed by atoms with Crippen molar-refractivity contribution in [3.63, 3.8) is 0 Å². The highest BCUT2D eigenvalue weighted by molar-refractivity contribution is 6.34. The lowest BCUT2D eigenvalue weighted by atomic mass is 10.1. The van der Waals surface area contributed by atoms with Crippen LogP contribution in [0.15, 0.2) is 42.5 Å². The van der Waals surface area contributed by atoms with Gasteiger partial charge in [0.05, 0.1) is 22.2 Å². The van der Waals surface area contributed by atoms with Gasteiger partial charge < -0.3 is 15.5 Å². The number of anilines is 2. The van der Waals surface area contributed by atoms with Crippen molar-refractivity contribution in [2.24, 2.45) is 5.92 Å². The van der Waals surface area contributed by atoms with E-state index in [0.717, 1.165) is 18.2 Å². The fraction of sp³-hybridized carbons (Fsp3) is 0.318. The minimum Gasteiger partial charge on any atom is -0.339 e. The number of rotatable bonds is 5. The third-order valence-electron chi connectivity index (χ3n) is 5.11. The molecule has 0 aliphatic carbocycles. The largest absolute Gasteiger partial charge is 0.416 e. The van der Waals surface area contributed by atoms with E-state index in [4.69, 9.17) is 11.6 Å². The molecule has 170 valence electrons. The van der Waals surface area contributed by atoms with Crippen LogP contribution in [-0.4, -0.2) is 35.2 Å². The summed E-state index contributed by atoms with van der Waals surface area (Å²) in [6.07, 6.45) is -4.43. The molecule has 1 aliphatic rings. The van der Waals surface area contributed by atoms with Crippen LogP contribution in [0, 0.1) is 5.92 Å². The highest BCUT2D eigenvalue weighted by Crippen LogP contribution is 2.34. The van der Waals surface area contributed by atoms with E-state index >= 15 is 0 Å². The van der Waals surface area contributed by atoms with E-state index in [0.29, 0.717) is 12.2 Å². The molecule has 1 fully saturated rings. The average molecular weight is 468 g/mol. The quantitative estimate of drug-likeness (QED) is 0.662. The molecule has 2 aromatic carbocycles. The molecule has 3 amide bonds. The summed E-state index contributed by atoms with van der Waals surface area (Å²) in [5.41, 5.74) is -0.501. The van der Waals surface area contributed by atoms with Crippen LogP contribution in [0.5, 0.6) is 0 Å². The predicted molar refractivity (Wildman–Crippen MR) is 114 cm³/mol. The SMILES string of the molecule is CC(C)N1CC(C(=O)Nc2ccc(C(=O)Nc3cc(C(F)(F)F)ccc3Cl)cc2)CC1=O. The van der Waals surface area contributed by atoms with Gasteiger partial charge in [0.15, 0.2) is 0 Å². The molecule has 0 radical (unpaired) electrons. The van der Waals surface area contributed by atoms with Crippen LogP contribution in [0.2, 0.25) is 5.02 Å². The van der Waals surface area contributed by atoms with Gasteiger partial charge in [-0.1, -0.05) is 11.6 Å². The van der Waals surface area contributed by atoms with Gasteiger partial charge in [0.25, 0.3) is 5.91 Å². The molecular weight excluding hydrogens is 447 g/mol. The number of nitrogens with one attached hydrogen (secondary N) is 2. The zero-order valence-corrected chi connectivity index (χ0v) is 18.1. The van der Waals surface area contributed by atoms with Crippen molar-refractivity contribution in [2.45, 2.75) is 32.5 Å². The third-order valence-corrected chi connectivity index (χ3v) is 5.44. The lowest BCUT2D eigenvalue weighted by Crippen LogP contribution is -2.33. The standard InChI is InChI=1S/C22H21ClF3N3O3/c1-12(2)29-11-14(9-19(29)30)21(32)27-16-6-3-13(4-7-16)20(31)28-18-10-15(22(24,25)26)5-8-17(18)23/h3-8,10,12,14H,9,11H2,1-2H3,(H,27,32)(H,28,31). The lowest BCUT2D eigenvalue weighted by Gasteiger charge is -2.20. The molecule has 1 aliphatic heterocycles. The first kappa shape index (κ1) is 23.6. The summed E-state index contributed by atoms with van der Waals surface area (Å²) in [6.45, 7) is 4.11. The molecule has 0 spiro atoms. The molecule has 1 unspecified atom stereocenters. The second-order valence-corrected chi connectivity index (χ2v) is 8.16. The monoisotopic (exact) mass is 467 g/mol. The summed E-state index contributed by atoms with van der Waals surface area (Å²) in [4.78, 5) is 38.5. The summed E-state index contributed by atoms with van der Waals surface area (Å²) < 4.78 is 38.7. The van der Waals surface area contributed by atoms with Crippen molar-refractivity contribution in [3.8, 4) is 0 Å². The maximum absolute atomic E-state index is 12.9. The number of hydrogen-bond donors (Lipinski definition) is 2. The van der Waals surface area contributed by atoms with Gasteiger partial charge in [0.2, 0.25) is 11.8 Å². The highest BCUT2D eigenvalue weighted by atomic mass is 35.5. The second-order valence-electron chi connectivity index (χ2n) is 7.75. The van der Waals surface area contributed by atoms with E-state index in [1.54, 1.807) is 4.90 Å². The van der Waals surface area contributed by atoms with Gasteiger partial charge in [-0.25, -0.2) is 0 Å². The lowest BCUT2D eigenvalue weighted by molar-refractivity contribution is -0.137. The van der Waals surface area contributed by atoms with Crippen LogP contribution in [0.3, 0.4) is 0 Å². The second kappa shape index (κ2) is 9.20. The van der Waals surface area contributed by atoms with Gasteiger partial charge >= 0.3 is 6.18 Å². The molecular formula is C22H21ClF3N3O3. The number of likely N-dealkylation sites (tertiary alicyclic amines) is 1. The Morgan fingerprint density at radius 1 is 1.09 bits per heavy atom. The number of benzene rings is 2. The fourth-order valence-corrected chi connectivity index (χ4v) is 3.51. The molecule has 2 aromatic rings. The van der Waals surface area contributed by atoms with Crippen LogP contribution in [-0.2, 0) is 15.8 Å². The Bertz CT molecular complexity index is 1040. The van der Waals surface area contributed by atoms with E-state index in [9.17, 15) is 27.6 Å². The van der Waals surface area contributed by atoms with Gasteiger partial charge in [-0.3, -0.25) is 14.4 Å². The Hall–Kier alpha value is -3.07. The number of hydrogen-bond acceptors (Lipinski definition) is 3. The maximum atomic E-state index is 12.9. The summed E-state index contributed by atoms with van der Waals surface area (Å²) in [5, 5.41) is 5.05. The first-order valence-corrected chi connectivity index (χ1v) is 10.2. The smallest absolute Gasteiger partial charge is 0.339 e. The number of carbonyl (C=O) groups is 3. The van der Waals surface area contributed by atoms with Gasteiger partial charge in [0, 0.05) is 30.3 Å². The number of alkyl halides is 3. The molecule has 0 aromatic heterocycles. The van der Waals surface area contributed by atoms with Crippen LogP contribution >= 0.6 is 11.6 Å². The zero-order valence-electron chi connectivity index (χ0n) is 17.3. The molecule has 1 saturated heterocycles. The minimum absolute atomic E-state index is 0.0171. The first-order valence-electron chi connectivity index (χ1n) is 9.84. The van der Waals surface area contributed by atoms with E-state index in [1.807, 2.05) is 13.8 Å². The first-order chi connectivity index (χ1) is 15.0. The van der Waals surface area contributed by atoms with E-state index < -0.39 is 23.6 Å². The van der Waals surface area contributed by atoms with Gasteiger partial charge in [0.1, 0.15) is 0 Å². The van der Waals surface area contributed by atoms with Crippen LogP contribution in [0.25, 0.3) is 0 Å². The molecule has 1 atom stereocenters. The Kier molecular flexibility index (Phi) is 6.78. The Morgan fingerprint density at radius 2 is 1.75 bits per heavy atom. The summed E-state index contributed by atoms with van der Waals surface area (Å²) in [5.74, 6) is -1.48.